The quantitative estimate of drug-likeness (QED) is 0.700. The Morgan fingerprint density at radius 3 is 2.41 bits per heavy atom. The zero-order valence-corrected chi connectivity index (χ0v) is 15.8. The molecular formula is C22H20N4O. The molecule has 0 aliphatic rings. The van der Waals surface area contributed by atoms with Crippen molar-refractivity contribution >= 4 is 5.69 Å². The van der Waals surface area contributed by atoms with Crippen LogP contribution in [0.2, 0.25) is 0 Å². The molecule has 0 amide bonds. The number of nitriles is 1. The Morgan fingerprint density at radius 2 is 1.81 bits per heavy atom. The van der Waals surface area contributed by atoms with Crippen LogP contribution in [0.3, 0.4) is 0 Å². The summed E-state index contributed by atoms with van der Waals surface area (Å²) >= 11 is 0. The molecule has 0 spiro atoms. The van der Waals surface area contributed by atoms with Crippen LogP contribution in [0.25, 0.3) is 16.0 Å². The normalized spacial score (nSPS) is 10.4. The number of rotatable bonds is 3. The smallest absolute Gasteiger partial charge is 0.187 e. The van der Waals surface area contributed by atoms with Crippen LogP contribution in [-0.4, -0.2) is 9.55 Å². The summed E-state index contributed by atoms with van der Waals surface area (Å²) in [6.07, 6.45) is 1.73. The average molecular weight is 356 g/mol. The number of aromatic amines is 1. The van der Waals surface area contributed by atoms with Crippen molar-refractivity contribution in [3.63, 3.8) is 0 Å². The molecule has 1 N–H and O–H groups in total. The number of hydrogen-bond acceptors (Lipinski definition) is 2. The highest BCUT2D eigenvalue weighted by Crippen LogP contribution is 2.33. The lowest BCUT2D eigenvalue weighted by molar-refractivity contribution is 0.723. The molecular weight excluding hydrogens is 336 g/mol. The number of aryl methyl sites for hydroxylation is 1. The number of H-pyrrole nitrogens is 1. The maximum atomic E-state index is 12.3. The third-order valence-electron chi connectivity index (χ3n) is 5.11. The van der Waals surface area contributed by atoms with Crippen LogP contribution < -0.4 is 5.43 Å². The summed E-state index contributed by atoms with van der Waals surface area (Å²) in [6.45, 7) is 15.1. The van der Waals surface area contributed by atoms with Gasteiger partial charge in [-0.25, -0.2) is 4.85 Å². The van der Waals surface area contributed by atoms with Gasteiger partial charge in [0, 0.05) is 40.0 Å². The fraction of sp³-hybridized carbons (Fsp3) is 0.227. The first-order chi connectivity index (χ1) is 12.9. The van der Waals surface area contributed by atoms with Crippen molar-refractivity contribution in [2.24, 2.45) is 0 Å². The van der Waals surface area contributed by atoms with E-state index in [4.69, 9.17) is 6.57 Å². The van der Waals surface area contributed by atoms with E-state index in [1.54, 1.807) is 25.3 Å². The minimum Gasteiger partial charge on any atom is -0.363 e. The first kappa shape index (κ1) is 18.2. The Kier molecular flexibility index (Phi) is 4.71. The van der Waals surface area contributed by atoms with Crippen LogP contribution in [0.15, 0.2) is 35.3 Å². The van der Waals surface area contributed by atoms with E-state index in [2.05, 4.69) is 20.5 Å². The molecule has 1 aromatic carbocycles. The van der Waals surface area contributed by atoms with E-state index in [0.29, 0.717) is 28.9 Å². The summed E-state index contributed by atoms with van der Waals surface area (Å²) in [5.41, 5.74) is 7.06. The minimum absolute atomic E-state index is 0.0432. The number of aromatic nitrogens is 2. The standard InChI is InChI=1S/C22H20N4O/c1-13-11-25-20(14(2)22(13)27)12-26-15(3)19(10-23)21(16(26)4)17-6-8-18(24-5)9-7-17/h6-9,11H,12H2,1-4H3,(H,25,27). The molecule has 0 aliphatic carbocycles. The van der Waals surface area contributed by atoms with Crippen molar-refractivity contribution in [1.29, 1.82) is 5.26 Å². The maximum Gasteiger partial charge on any atom is 0.187 e. The lowest BCUT2D eigenvalue weighted by Crippen LogP contribution is -2.16. The molecule has 5 heteroatoms. The Balaban J connectivity index is 2.15. The summed E-state index contributed by atoms with van der Waals surface area (Å²) in [4.78, 5) is 18.9. The summed E-state index contributed by atoms with van der Waals surface area (Å²) < 4.78 is 2.06. The molecule has 0 saturated carbocycles. The number of nitrogens with zero attached hydrogens (tertiary/aromatic N) is 3. The van der Waals surface area contributed by atoms with Crippen molar-refractivity contribution in [3.05, 3.63) is 85.9 Å². The van der Waals surface area contributed by atoms with Gasteiger partial charge in [0.1, 0.15) is 6.07 Å². The molecule has 0 atom stereocenters. The Labute approximate surface area is 158 Å². The third-order valence-corrected chi connectivity index (χ3v) is 5.11. The van der Waals surface area contributed by atoms with E-state index in [0.717, 1.165) is 28.2 Å². The molecule has 134 valence electrons. The Hall–Kier alpha value is -3.57. The van der Waals surface area contributed by atoms with Crippen LogP contribution in [0.4, 0.5) is 5.69 Å². The lowest BCUT2D eigenvalue weighted by atomic mass is 10.0. The molecule has 2 heterocycles. The van der Waals surface area contributed by atoms with Gasteiger partial charge in [0.15, 0.2) is 11.1 Å². The highest BCUT2D eigenvalue weighted by molar-refractivity contribution is 5.76. The number of hydrogen-bond donors (Lipinski definition) is 1. The highest BCUT2D eigenvalue weighted by atomic mass is 16.1. The third kappa shape index (κ3) is 3.05. The Morgan fingerprint density at radius 1 is 1.15 bits per heavy atom. The largest absolute Gasteiger partial charge is 0.363 e. The summed E-state index contributed by atoms with van der Waals surface area (Å²) in [6, 6.07) is 9.59. The van der Waals surface area contributed by atoms with Gasteiger partial charge < -0.3 is 9.55 Å². The number of pyridine rings is 1. The van der Waals surface area contributed by atoms with Gasteiger partial charge in [-0.3, -0.25) is 4.79 Å². The zero-order valence-electron chi connectivity index (χ0n) is 15.8. The second-order valence-electron chi connectivity index (χ2n) is 6.68. The molecule has 0 saturated heterocycles. The molecule has 3 aromatic rings. The SMILES string of the molecule is [C-]#[N+]c1ccc(-c2c(C#N)c(C)n(Cc3[nH]cc(C)c(=O)c3C)c2C)cc1. The van der Waals surface area contributed by atoms with E-state index >= 15 is 0 Å². The minimum atomic E-state index is 0.0432. The molecule has 0 aliphatic heterocycles. The molecule has 0 bridgehead atoms. The van der Waals surface area contributed by atoms with Crippen molar-refractivity contribution in [2.45, 2.75) is 34.2 Å². The predicted octanol–water partition coefficient (Wildman–Crippen LogP) is 4.55. The van der Waals surface area contributed by atoms with Gasteiger partial charge in [0.2, 0.25) is 0 Å². The summed E-state index contributed by atoms with van der Waals surface area (Å²) in [5.74, 6) is 0. The van der Waals surface area contributed by atoms with Crippen molar-refractivity contribution in [2.75, 3.05) is 0 Å². The highest BCUT2D eigenvalue weighted by Gasteiger charge is 2.20. The predicted molar refractivity (Wildman–Crippen MR) is 106 cm³/mol. The maximum absolute atomic E-state index is 12.3. The van der Waals surface area contributed by atoms with E-state index in [9.17, 15) is 10.1 Å². The van der Waals surface area contributed by atoms with Gasteiger partial charge in [-0.15, -0.1) is 0 Å². The average Bonchev–Trinajstić information content (AvgIpc) is 2.92. The summed E-state index contributed by atoms with van der Waals surface area (Å²) in [5, 5.41) is 9.73. The van der Waals surface area contributed by atoms with E-state index in [1.165, 1.54) is 0 Å². The van der Waals surface area contributed by atoms with Crippen LogP contribution in [0, 0.1) is 45.6 Å². The first-order valence-electron chi connectivity index (χ1n) is 8.64. The van der Waals surface area contributed by atoms with E-state index in [-0.39, 0.29) is 5.43 Å². The number of benzene rings is 1. The van der Waals surface area contributed by atoms with E-state index < -0.39 is 0 Å². The van der Waals surface area contributed by atoms with Gasteiger partial charge in [-0.05, 0) is 33.3 Å². The van der Waals surface area contributed by atoms with Crippen LogP contribution in [0.5, 0.6) is 0 Å². The fourth-order valence-corrected chi connectivity index (χ4v) is 3.44. The van der Waals surface area contributed by atoms with Gasteiger partial charge >= 0.3 is 0 Å². The van der Waals surface area contributed by atoms with Crippen molar-refractivity contribution in [1.82, 2.24) is 9.55 Å². The van der Waals surface area contributed by atoms with Crippen LogP contribution in [0.1, 0.15) is 33.8 Å². The molecule has 0 fully saturated rings. The molecule has 27 heavy (non-hydrogen) atoms. The van der Waals surface area contributed by atoms with Gasteiger partial charge in [0.25, 0.3) is 0 Å². The lowest BCUT2D eigenvalue weighted by Gasteiger charge is -2.12. The summed E-state index contributed by atoms with van der Waals surface area (Å²) in [7, 11) is 0. The topological polar surface area (TPSA) is 65.9 Å². The number of nitrogens with one attached hydrogen (secondary N) is 1. The van der Waals surface area contributed by atoms with Gasteiger partial charge in [-0.2, -0.15) is 5.26 Å². The zero-order chi connectivity index (χ0) is 19.7. The van der Waals surface area contributed by atoms with Crippen LogP contribution in [-0.2, 0) is 6.54 Å². The van der Waals surface area contributed by atoms with Gasteiger partial charge in [-0.1, -0.05) is 24.3 Å². The molecule has 2 aromatic heterocycles. The second-order valence-corrected chi connectivity index (χ2v) is 6.68. The fourth-order valence-electron chi connectivity index (χ4n) is 3.44. The molecule has 5 nitrogen and oxygen atoms in total. The molecule has 0 radical (unpaired) electrons. The first-order valence-corrected chi connectivity index (χ1v) is 8.64. The molecule has 3 rings (SSSR count). The second kappa shape index (κ2) is 6.97. The van der Waals surface area contributed by atoms with Crippen LogP contribution >= 0.6 is 0 Å². The molecule has 0 unspecified atom stereocenters. The van der Waals surface area contributed by atoms with Gasteiger partial charge in [0.05, 0.1) is 18.7 Å². The van der Waals surface area contributed by atoms with Crippen molar-refractivity contribution < 1.29 is 0 Å². The Bertz CT molecular complexity index is 1170. The van der Waals surface area contributed by atoms with Crippen molar-refractivity contribution in [3.8, 4) is 17.2 Å². The monoisotopic (exact) mass is 356 g/mol. The van der Waals surface area contributed by atoms with E-state index in [1.807, 2.05) is 32.9 Å².